The molecule has 3 nitrogen and oxygen atoms in total. The van der Waals surface area contributed by atoms with E-state index in [0.29, 0.717) is 6.04 Å². The number of ether oxygens (including phenoxy) is 1. The highest BCUT2D eigenvalue weighted by Gasteiger charge is 2.25. The third-order valence-corrected chi connectivity index (χ3v) is 5.16. The van der Waals surface area contributed by atoms with Crippen molar-refractivity contribution in [2.24, 2.45) is 0 Å². The van der Waals surface area contributed by atoms with E-state index in [2.05, 4.69) is 63.1 Å². The molecule has 3 rings (SSSR count). The monoisotopic (exact) mass is 324 g/mol. The molecule has 24 heavy (non-hydrogen) atoms. The SMILES string of the molecule is COc1cccc2c1CC[C@H](N(C)c1ccc(C(C)(C)C)cn1)C2. The molecule has 1 aliphatic carbocycles. The standard InChI is InChI=1S/C21H28N2O/c1-21(2,3)16-9-12-20(22-14-16)23(4)17-10-11-18-15(13-17)7-6-8-19(18)24-5/h6-9,12,14,17H,10-11,13H2,1-5H3/t17-/m0/s1. The summed E-state index contributed by atoms with van der Waals surface area (Å²) >= 11 is 0. The van der Waals surface area contributed by atoms with E-state index in [1.54, 1.807) is 7.11 Å². The Bertz CT molecular complexity index is 701. The average molecular weight is 324 g/mol. The van der Waals surface area contributed by atoms with Gasteiger partial charge in [-0.2, -0.15) is 0 Å². The topological polar surface area (TPSA) is 25.4 Å². The smallest absolute Gasteiger partial charge is 0.128 e. The molecule has 0 unspecified atom stereocenters. The van der Waals surface area contributed by atoms with Crippen LogP contribution in [0, 0.1) is 0 Å². The van der Waals surface area contributed by atoms with Crippen molar-refractivity contribution in [3.63, 3.8) is 0 Å². The number of benzene rings is 1. The lowest BCUT2D eigenvalue weighted by atomic mass is 9.86. The molecule has 128 valence electrons. The molecule has 0 aliphatic heterocycles. The van der Waals surface area contributed by atoms with E-state index in [1.807, 2.05) is 6.20 Å². The van der Waals surface area contributed by atoms with Crippen LogP contribution in [0.25, 0.3) is 0 Å². The molecule has 0 spiro atoms. The zero-order chi connectivity index (χ0) is 17.3. The van der Waals surface area contributed by atoms with Gasteiger partial charge in [0.2, 0.25) is 0 Å². The molecule has 1 aromatic heterocycles. The first-order valence-corrected chi connectivity index (χ1v) is 8.74. The van der Waals surface area contributed by atoms with E-state index in [-0.39, 0.29) is 5.41 Å². The largest absolute Gasteiger partial charge is 0.496 e. The van der Waals surface area contributed by atoms with Crippen LogP contribution in [0.2, 0.25) is 0 Å². The number of aromatic nitrogens is 1. The van der Waals surface area contributed by atoms with Crippen LogP contribution < -0.4 is 9.64 Å². The number of likely N-dealkylation sites (N-methyl/N-ethyl adjacent to an activating group) is 1. The van der Waals surface area contributed by atoms with Gasteiger partial charge in [0.05, 0.1) is 7.11 Å². The number of pyridine rings is 1. The van der Waals surface area contributed by atoms with Crippen LogP contribution >= 0.6 is 0 Å². The van der Waals surface area contributed by atoms with Gasteiger partial charge in [0, 0.05) is 19.3 Å². The lowest BCUT2D eigenvalue weighted by molar-refractivity contribution is 0.403. The second kappa shape index (κ2) is 6.46. The number of nitrogens with zero attached hydrogens (tertiary/aromatic N) is 2. The molecule has 1 aliphatic rings. The lowest BCUT2D eigenvalue weighted by Gasteiger charge is -2.34. The second-order valence-corrected chi connectivity index (χ2v) is 7.76. The maximum atomic E-state index is 5.51. The highest BCUT2D eigenvalue weighted by molar-refractivity contribution is 5.46. The molecule has 0 N–H and O–H groups in total. The van der Waals surface area contributed by atoms with Crippen LogP contribution in [0.3, 0.4) is 0 Å². The van der Waals surface area contributed by atoms with Gasteiger partial charge in [-0.25, -0.2) is 4.98 Å². The predicted octanol–water partition coefficient (Wildman–Crippen LogP) is 4.38. The first-order valence-electron chi connectivity index (χ1n) is 8.74. The molecule has 0 fully saturated rings. The number of hydrogen-bond acceptors (Lipinski definition) is 3. The van der Waals surface area contributed by atoms with E-state index >= 15 is 0 Å². The van der Waals surface area contributed by atoms with Gasteiger partial charge in [0.25, 0.3) is 0 Å². The van der Waals surface area contributed by atoms with Crippen LogP contribution in [-0.4, -0.2) is 25.2 Å². The Labute approximate surface area is 145 Å². The van der Waals surface area contributed by atoms with Crippen molar-refractivity contribution in [3.8, 4) is 5.75 Å². The van der Waals surface area contributed by atoms with Crippen molar-refractivity contribution in [2.75, 3.05) is 19.1 Å². The summed E-state index contributed by atoms with van der Waals surface area (Å²) in [4.78, 5) is 7.04. The van der Waals surface area contributed by atoms with E-state index in [1.165, 1.54) is 16.7 Å². The number of hydrogen-bond donors (Lipinski definition) is 0. The number of fused-ring (bicyclic) bond motifs is 1. The van der Waals surface area contributed by atoms with E-state index < -0.39 is 0 Å². The van der Waals surface area contributed by atoms with Gasteiger partial charge in [-0.1, -0.05) is 39.0 Å². The van der Waals surface area contributed by atoms with Crippen molar-refractivity contribution in [2.45, 2.75) is 51.5 Å². The zero-order valence-corrected chi connectivity index (χ0v) is 15.5. The summed E-state index contributed by atoms with van der Waals surface area (Å²) in [7, 11) is 3.92. The minimum atomic E-state index is 0.143. The molecule has 0 saturated heterocycles. The fourth-order valence-corrected chi connectivity index (χ4v) is 3.50. The van der Waals surface area contributed by atoms with E-state index in [4.69, 9.17) is 9.72 Å². The third kappa shape index (κ3) is 3.26. The molecule has 0 bridgehead atoms. The minimum Gasteiger partial charge on any atom is -0.496 e. The maximum Gasteiger partial charge on any atom is 0.128 e. The van der Waals surface area contributed by atoms with Crippen LogP contribution in [0.5, 0.6) is 5.75 Å². The third-order valence-electron chi connectivity index (χ3n) is 5.16. The zero-order valence-electron chi connectivity index (χ0n) is 15.5. The Morgan fingerprint density at radius 3 is 2.58 bits per heavy atom. The Balaban J connectivity index is 1.78. The number of methoxy groups -OCH3 is 1. The molecule has 1 heterocycles. The van der Waals surface area contributed by atoms with Gasteiger partial charge in [-0.05, 0) is 53.5 Å². The number of rotatable bonds is 3. The molecule has 1 atom stereocenters. The van der Waals surface area contributed by atoms with Crippen LogP contribution in [-0.2, 0) is 18.3 Å². The van der Waals surface area contributed by atoms with Crippen molar-refractivity contribution in [3.05, 3.63) is 53.2 Å². The fourth-order valence-electron chi connectivity index (χ4n) is 3.50. The van der Waals surface area contributed by atoms with Gasteiger partial charge in [0.1, 0.15) is 11.6 Å². The van der Waals surface area contributed by atoms with Gasteiger partial charge in [0.15, 0.2) is 0 Å². The van der Waals surface area contributed by atoms with Crippen LogP contribution in [0.1, 0.15) is 43.9 Å². The second-order valence-electron chi connectivity index (χ2n) is 7.76. The van der Waals surface area contributed by atoms with Gasteiger partial charge in [-0.3, -0.25) is 0 Å². The molecular weight excluding hydrogens is 296 g/mol. The summed E-state index contributed by atoms with van der Waals surface area (Å²) in [6.07, 6.45) is 5.26. The molecule has 0 radical (unpaired) electrons. The van der Waals surface area contributed by atoms with Crippen LogP contribution in [0.4, 0.5) is 5.82 Å². The molecular formula is C21H28N2O. The van der Waals surface area contributed by atoms with Crippen molar-refractivity contribution in [1.82, 2.24) is 4.98 Å². The molecule has 0 amide bonds. The highest BCUT2D eigenvalue weighted by atomic mass is 16.5. The van der Waals surface area contributed by atoms with Gasteiger partial charge in [-0.15, -0.1) is 0 Å². The maximum absolute atomic E-state index is 5.51. The van der Waals surface area contributed by atoms with Crippen molar-refractivity contribution in [1.29, 1.82) is 0 Å². The van der Waals surface area contributed by atoms with Crippen molar-refractivity contribution >= 4 is 5.82 Å². The van der Waals surface area contributed by atoms with Crippen molar-refractivity contribution < 1.29 is 4.74 Å². The molecule has 0 saturated carbocycles. The normalized spacial score (nSPS) is 17.3. The van der Waals surface area contributed by atoms with Crippen LogP contribution in [0.15, 0.2) is 36.5 Å². The first kappa shape index (κ1) is 16.8. The fraction of sp³-hybridized carbons (Fsp3) is 0.476. The Hall–Kier alpha value is -2.03. The van der Waals surface area contributed by atoms with E-state index in [0.717, 1.165) is 30.8 Å². The predicted molar refractivity (Wildman–Crippen MR) is 100 cm³/mol. The molecule has 2 aromatic rings. The summed E-state index contributed by atoms with van der Waals surface area (Å²) in [5.41, 5.74) is 4.20. The molecule has 1 aromatic carbocycles. The number of anilines is 1. The Morgan fingerprint density at radius 1 is 1.17 bits per heavy atom. The summed E-state index contributed by atoms with van der Waals surface area (Å²) in [5, 5.41) is 0. The van der Waals surface area contributed by atoms with Gasteiger partial charge < -0.3 is 9.64 Å². The summed E-state index contributed by atoms with van der Waals surface area (Å²) in [5.74, 6) is 2.08. The highest BCUT2D eigenvalue weighted by Crippen LogP contribution is 2.32. The Morgan fingerprint density at radius 2 is 1.96 bits per heavy atom. The minimum absolute atomic E-state index is 0.143. The first-order chi connectivity index (χ1) is 11.4. The van der Waals surface area contributed by atoms with E-state index in [9.17, 15) is 0 Å². The Kier molecular flexibility index (Phi) is 4.53. The molecule has 3 heteroatoms. The summed E-state index contributed by atoms with van der Waals surface area (Å²) in [6.45, 7) is 6.66. The van der Waals surface area contributed by atoms with Gasteiger partial charge >= 0.3 is 0 Å². The summed E-state index contributed by atoms with van der Waals surface area (Å²) < 4.78 is 5.51. The average Bonchev–Trinajstić information content (AvgIpc) is 2.59. The quantitative estimate of drug-likeness (QED) is 0.838. The lowest BCUT2D eigenvalue weighted by Crippen LogP contribution is -2.37. The summed E-state index contributed by atoms with van der Waals surface area (Å²) in [6, 6.07) is 11.2.